The van der Waals surface area contributed by atoms with Gasteiger partial charge in [-0.25, -0.2) is 0 Å². The maximum absolute atomic E-state index is 11.8. The summed E-state index contributed by atoms with van der Waals surface area (Å²) in [4.78, 5) is 13.8. The average Bonchev–Trinajstić information content (AvgIpc) is 2.62. The quantitative estimate of drug-likeness (QED) is 0.586. The van der Waals surface area contributed by atoms with E-state index in [2.05, 4.69) is 0 Å². The van der Waals surface area contributed by atoms with Gasteiger partial charge in [0, 0.05) is 18.9 Å². The topological polar surface area (TPSA) is 29.5 Å². The zero-order valence-corrected chi connectivity index (χ0v) is 8.50. The van der Waals surface area contributed by atoms with Crippen LogP contribution in [-0.4, -0.2) is 29.7 Å². The molecule has 14 heavy (non-hydrogen) atoms. The molecule has 2 aliphatic heterocycles. The van der Waals surface area contributed by atoms with Crippen molar-refractivity contribution in [3.8, 4) is 0 Å². The van der Waals surface area contributed by atoms with Crippen LogP contribution in [0.1, 0.15) is 38.5 Å². The van der Waals surface area contributed by atoms with Crippen LogP contribution in [0.15, 0.2) is 0 Å². The third-order valence-electron chi connectivity index (χ3n) is 4.11. The van der Waals surface area contributed by atoms with Gasteiger partial charge in [-0.15, -0.1) is 0 Å². The third kappa shape index (κ3) is 0.991. The monoisotopic (exact) mass is 195 g/mol. The molecule has 3 heteroatoms. The molecule has 1 spiro atoms. The molecule has 3 rings (SSSR count). The van der Waals surface area contributed by atoms with Crippen LogP contribution in [-0.2, 0) is 9.53 Å². The van der Waals surface area contributed by atoms with Crippen molar-refractivity contribution in [3.05, 3.63) is 0 Å². The van der Waals surface area contributed by atoms with E-state index in [4.69, 9.17) is 4.74 Å². The van der Waals surface area contributed by atoms with Crippen LogP contribution in [0.2, 0.25) is 0 Å². The minimum Gasteiger partial charge on any atom is -0.353 e. The van der Waals surface area contributed by atoms with Crippen molar-refractivity contribution in [2.24, 2.45) is 5.92 Å². The van der Waals surface area contributed by atoms with Crippen LogP contribution in [0.25, 0.3) is 0 Å². The number of rotatable bonds is 0. The van der Waals surface area contributed by atoms with Crippen molar-refractivity contribution in [2.75, 3.05) is 13.2 Å². The molecule has 1 aliphatic carbocycles. The van der Waals surface area contributed by atoms with Gasteiger partial charge in [-0.3, -0.25) is 4.79 Å². The number of carbonyl (C=O) groups excluding carboxylic acids is 1. The molecule has 1 amide bonds. The molecule has 3 nitrogen and oxygen atoms in total. The van der Waals surface area contributed by atoms with Crippen molar-refractivity contribution >= 4 is 5.91 Å². The predicted molar refractivity (Wildman–Crippen MR) is 51.6 cm³/mol. The van der Waals surface area contributed by atoms with Crippen LogP contribution >= 0.6 is 0 Å². The lowest BCUT2D eigenvalue weighted by Crippen LogP contribution is -2.57. The van der Waals surface area contributed by atoms with Crippen LogP contribution < -0.4 is 0 Å². The van der Waals surface area contributed by atoms with Crippen LogP contribution in [0.3, 0.4) is 0 Å². The zero-order chi connectivity index (χ0) is 9.60. The second-order valence-electron chi connectivity index (χ2n) is 4.72. The lowest BCUT2D eigenvalue weighted by molar-refractivity contribution is -0.182. The number of nitrogens with zero attached hydrogens (tertiary/aromatic N) is 1. The highest BCUT2D eigenvalue weighted by Crippen LogP contribution is 2.47. The van der Waals surface area contributed by atoms with Gasteiger partial charge in [0.2, 0.25) is 5.91 Å². The van der Waals surface area contributed by atoms with Crippen molar-refractivity contribution in [3.63, 3.8) is 0 Å². The lowest BCUT2D eigenvalue weighted by Gasteiger charge is -2.49. The van der Waals surface area contributed by atoms with Gasteiger partial charge in [-0.05, 0) is 25.7 Å². The first kappa shape index (κ1) is 8.72. The molecule has 2 saturated heterocycles. The van der Waals surface area contributed by atoms with Gasteiger partial charge in [0.25, 0.3) is 0 Å². The largest absolute Gasteiger partial charge is 0.353 e. The molecule has 3 fully saturated rings. The molecule has 0 bridgehead atoms. The normalized spacial score (nSPS) is 42.1. The summed E-state index contributed by atoms with van der Waals surface area (Å²) >= 11 is 0. The van der Waals surface area contributed by atoms with E-state index in [0.29, 0.717) is 11.8 Å². The van der Waals surface area contributed by atoms with Crippen LogP contribution in [0, 0.1) is 5.92 Å². The molecule has 0 aromatic carbocycles. The van der Waals surface area contributed by atoms with Gasteiger partial charge >= 0.3 is 0 Å². The first-order chi connectivity index (χ1) is 6.83. The van der Waals surface area contributed by atoms with E-state index in [0.717, 1.165) is 32.4 Å². The molecule has 0 aromatic heterocycles. The Morgan fingerprint density at radius 1 is 1.36 bits per heavy atom. The van der Waals surface area contributed by atoms with Crippen molar-refractivity contribution < 1.29 is 9.53 Å². The average molecular weight is 195 g/mol. The van der Waals surface area contributed by atoms with E-state index < -0.39 is 0 Å². The summed E-state index contributed by atoms with van der Waals surface area (Å²) in [6.45, 7) is 1.58. The molecule has 0 radical (unpaired) electrons. The highest BCUT2D eigenvalue weighted by molar-refractivity contribution is 5.78. The Morgan fingerprint density at radius 2 is 2.29 bits per heavy atom. The first-order valence-electron chi connectivity index (χ1n) is 5.77. The van der Waals surface area contributed by atoms with Gasteiger partial charge in [0.1, 0.15) is 5.72 Å². The zero-order valence-electron chi connectivity index (χ0n) is 8.50. The lowest BCUT2D eigenvalue weighted by atomic mass is 9.75. The van der Waals surface area contributed by atoms with Crippen LogP contribution in [0.5, 0.6) is 0 Å². The van der Waals surface area contributed by atoms with Gasteiger partial charge in [0.15, 0.2) is 0 Å². The molecule has 78 valence electrons. The summed E-state index contributed by atoms with van der Waals surface area (Å²) < 4.78 is 5.92. The smallest absolute Gasteiger partial charge is 0.224 e. The fourth-order valence-corrected chi connectivity index (χ4v) is 3.46. The van der Waals surface area contributed by atoms with E-state index in [1.54, 1.807) is 0 Å². The Kier molecular flexibility index (Phi) is 1.84. The number of ether oxygens (including phenoxy) is 1. The van der Waals surface area contributed by atoms with Gasteiger partial charge in [0.05, 0.1) is 6.61 Å². The van der Waals surface area contributed by atoms with Crippen molar-refractivity contribution in [2.45, 2.75) is 44.2 Å². The summed E-state index contributed by atoms with van der Waals surface area (Å²) in [7, 11) is 0. The van der Waals surface area contributed by atoms with Crippen molar-refractivity contribution in [1.82, 2.24) is 4.90 Å². The number of hydrogen-bond donors (Lipinski definition) is 0. The number of amides is 1. The van der Waals surface area contributed by atoms with Crippen LogP contribution in [0.4, 0.5) is 0 Å². The second kappa shape index (κ2) is 2.96. The SMILES string of the molecule is O=C1CCC2CCCCC23OCCN13. The Balaban J connectivity index is 1.95. The third-order valence-corrected chi connectivity index (χ3v) is 4.11. The van der Waals surface area contributed by atoms with E-state index >= 15 is 0 Å². The highest BCUT2D eigenvalue weighted by atomic mass is 16.5. The fourth-order valence-electron chi connectivity index (χ4n) is 3.46. The molecule has 2 atom stereocenters. The molecule has 2 unspecified atom stereocenters. The molecule has 0 aromatic rings. The number of hydrogen-bond acceptors (Lipinski definition) is 2. The number of piperidine rings is 1. The number of carbonyl (C=O) groups is 1. The van der Waals surface area contributed by atoms with E-state index in [-0.39, 0.29) is 5.72 Å². The summed E-state index contributed by atoms with van der Waals surface area (Å²) in [6.07, 6.45) is 6.66. The Hall–Kier alpha value is -0.570. The van der Waals surface area contributed by atoms with E-state index in [1.165, 1.54) is 19.3 Å². The maximum Gasteiger partial charge on any atom is 0.224 e. The van der Waals surface area contributed by atoms with Crippen molar-refractivity contribution in [1.29, 1.82) is 0 Å². The van der Waals surface area contributed by atoms with Gasteiger partial charge < -0.3 is 9.64 Å². The van der Waals surface area contributed by atoms with E-state index in [1.807, 2.05) is 4.90 Å². The molecular formula is C11H17NO2. The van der Waals surface area contributed by atoms with Gasteiger partial charge in [-0.2, -0.15) is 0 Å². The summed E-state index contributed by atoms with van der Waals surface area (Å²) in [5.74, 6) is 0.942. The standard InChI is InChI=1S/C11H17NO2/c13-10-5-4-9-3-1-2-6-11(9)12(10)7-8-14-11/h9H,1-8H2. The second-order valence-corrected chi connectivity index (χ2v) is 4.72. The summed E-state index contributed by atoms with van der Waals surface area (Å²) in [5.41, 5.74) is -0.159. The first-order valence-corrected chi connectivity index (χ1v) is 5.77. The highest BCUT2D eigenvalue weighted by Gasteiger charge is 2.53. The fraction of sp³-hybridized carbons (Fsp3) is 0.909. The minimum absolute atomic E-state index is 0.159. The van der Waals surface area contributed by atoms with Gasteiger partial charge in [-0.1, -0.05) is 6.42 Å². The Labute approximate surface area is 84.4 Å². The van der Waals surface area contributed by atoms with E-state index in [9.17, 15) is 4.79 Å². The molecule has 2 heterocycles. The Bertz CT molecular complexity index is 266. The molecule has 0 N–H and O–H groups in total. The predicted octanol–water partition coefficient (Wildman–Crippen LogP) is 1.53. The molecular weight excluding hydrogens is 178 g/mol. The Morgan fingerprint density at radius 3 is 3.21 bits per heavy atom. The molecule has 3 aliphatic rings. The molecule has 1 saturated carbocycles. The summed E-state index contributed by atoms with van der Waals surface area (Å²) in [5, 5.41) is 0. The minimum atomic E-state index is -0.159. The summed E-state index contributed by atoms with van der Waals surface area (Å²) in [6, 6.07) is 0. The maximum atomic E-state index is 11.8.